The number of aliphatic hydroxyl groups is 2. The van der Waals surface area contributed by atoms with Gasteiger partial charge in [-0.2, -0.15) is 56.6 Å². The van der Waals surface area contributed by atoms with Gasteiger partial charge < -0.3 is 66.0 Å². The lowest BCUT2D eigenvalue weighted by atomic mass is 9.61. The Balaban J connectivity index is 0.000000145. The number of aromatic nitrogens is 12. The lowest BCUT2D eigenvalue weighted by Gasteiger charge is -2.45. The first-order valence-electron chi connectivity index (χ1n) is 38.6. The zero-order valence-corrected chi connectivity index (χ0v) is 66.0. The number of carboxylic acids is 2. The second kappa shape index (κ2) is 33.6. The quantitative estimate of drug-likeness (QED) is 0.0217. The first kappa shape index (κ1) is 85.1. The van der Waals surface area contributed by atoms with Crippen molar-refractivity contribution in [3.8, 4) is 42.8 Å². The number of hydrogen-bond acceptors (Lipinski definition) is 25. The van der Waals surface area contributed by atoms with Gasteiger partial charge in [-0.1, -0.05) is 51.5 Å². The van der Waals surface area contributed by atoms with Gasteiger partial charge in [-0.05, 0) is 177 Å². The lowest BCUT2D eigenvalue weighted by molar-refractivity contribution is -0.176. The van der Waals surface area contributed by atoms with Gasteiger partial charge in [0.1, 0.15) is 36.6 Å². The van der Waals surface area contributed by atoms with Gasteiger partial charge in [-0.3, -0.25) is 37.7 Å². The second-order valence-electron chi connectivity index (χ2n) is 32.4. The first-order valence-corrected chi connectivity index (χ1v) is 38.6. The van der Waals surface area contributed by atoms with Crippen LogP contribution in [0.15, 0.2) is 31.1 Å². The molecule has 0 unspecified atom stereocenters. The number of carbonyl (C=O) groups is 5. The van der Waals surface area contributed by atoms with Crippen molar-refractivity contribution >= 4 is 94.3 Å². The Morgan fingerprint density at radius 2 is 0.921 bits per heavy atom. The number of esters is 3. The topological polar surface area (TPSA) is 431 Å². The summed E-state index contributed by atoms with van der Waals surface area (Å²) in [7, 11) is 0. The normalized spacial score (nSPS) is 30.1. The van der Waals surface area contributed by atoms with Crippen molar-refractivity contribution in [2.24, 2.45) is 34.0 Å². The zero-order valence-electron chi connectivity index (χ0n) is 65.0. The SMILES string of the molecule is C#C[C@]1(CC)O[C@@H](n2cnc3c(N)nc(F)nc32)C[C@@H]1O.C#C[C@]1(CC)O[C@@H](n2cnc3c(N)nc(F)nc32)C[C@@H]1OC(=O)C12CCC(CC1)CC2.C#C[C@]1(CO)O[C@@H](n2cnc3c(N)nc(F)nc32)C[C@@H]1OC(=O)C12CCC(CC1)CC2.CC(=O)Oc1cc(C)cc(C)c1C(C)(C)CC(=O)O.O=C(O)C12CCC(CC1)CC2.S. The number of rotatable bonds is 15. The van der Waals surface area contributed by atoms with Crippen LogP contribution in [0.3, 0.4) is 0 Å². The minimum absolute atomic E-state index is 0. The molecule has 114 heavy (non-hydrogen) atoms. The van der Waals surface area contributed by atoms with E-state index in [2.05, 4.69) is 62.6 Å². The summed E-state index contributed by atoms with van der Waals surface area (Å²) in [5.74, 6) is 8.01. The maximum atomic E-state index is 13.8. The Labute approximate surface area is 664 Å². The average Bonchev–Trinajstić information content (AvgIpc) is 1.64. The van der Waals surface area contributed by atoms with E-state index < -0.39 is 113 Å². The molecule has 10 N–H and O–H groups in total. The summed E-state index contributed by atoms with van der Waals surface area (Å²) in [6.07, 6.45) is 33.6. The van der Waals surface area contributed by atoms with Crippen LogP contribution in [0.25, 0.3) is 33.5 Å². The number of aryl methyl sites for hydroxylation is 2. The molecular weight excluding hydrogens is 1500 g/mol. The zero-order chi connectivity index (χ0) is 81.5. The Kier molecular flexibility index (Phi) is 25.1. The van der Waals surface area contributed by atoms with Gasteiger partial charge >= 0.3 is 48.1 Å². The third-order valence-corrected chi connectivity index (χ3v) is 25.2. The standard InChI is InChI=1S/C22H26FN5O3.C21H24FN5O4.C15H20O4.C13H14FN5O2.C9H14O2.H2S/c1-3-22(4-2)14(30-19(29)21-8-5-13(6-9-21)7-10-21)11-15(31-22)28-12-25-16-17(24)26-20(23)27-18(16)28;1-2-21(10-28)13(30-18(29)20-6-3-12(4-7-20)5-8-20)9-14(31-21)27-11-24-15-16(23)25-19(22)26-17(15)27;1-9-6-10(2)14(12(7-9)19-11(3)16)15(4,5)8-13(17)18;1-3-13(4-2)7(20)5-8(21-13)19-6-16-9-10(15)17-12(14)18-11(9)19;10-8(11)9-4-1-7(2-5-9)3-6-9;/h1,12-15H,4-11H2,2H3,(H2,24,26,27);1,11-14,28H,3-10H2,(H2,23,25,26);6-7H,8H2,1-5H3,(H,17,18);1,6-8,20H,4-5H2,2H3,(H2,15,17,18);7H,1-6H2,(H,10,11);1H2/t13?,14-,15+,21?,22+;12?,13-,14+,20?,21+;;7-,8+,13+;;/m00.0../s1. The molecular formula is C80H100F3N15O15S. The number of nitrogens with zero attached hydrogens (tertiary/aromatic N) is 12. The van der Waals surface area contributed by atoms with Gasteiger partial charge in [0.2, 0.25) is 0 Å². The Bertz CT molecular complexity index is 4710. The molecule has 19 rings (SSSR count). The third kappa shape index (κ3) is 16.6. The van der Waals surface area contributed by atoms with Crippen LogP contribution in [-0.4, -0.2) is 151 Å². The van der Waals surface area contributed by atoms with Crippen LogP contribution in [0.1, 0.15) is 224 Å². The molecule has 9 atom stereocenters. The number of aliphatic hydroxyl groups excluding tert-OH is 2. The number of carboxylic acid groups (broad SMARTS) is 2. The fourth-order valence-corrected chi connectivity index (χ4v) is 18.5. The van der Waals surface area contributed by atoms with E-state index in [1.165, 1.54) is 35.0 Å². The molecule has 612 valence electrons. The highest BCUT2D eigenvalue weighted by atomic mass is 32.1. The molecule has 9 aliphatic carbocycles. The molecule has 30 nitrogen and oxygen atoms in total. The number of aliphatic carboxylic acids is 2. The van der Waals surface area contributed by atoms with E-state index in [1.807, 2.05) is 47.6 Å². The van der Waals surface area contributed by atoms with E-state index in [4.69, 9.17) is 75.1 Å². The molecule has 7 aromatic rings. The van der Waals surface area contributed by atoms with Crippen molar-refractivity contribution in [2.45, 2.75) is 262 Å². The molecule has 3 aliphatic heterocycles. The number of anilines is 3. The van der Waals surface area contributed by atoms with E-state index in [0.717, 1.165) is 144 Å². The molecule has 0 spiro atoms. The molecule has 9 saturated carbocycles. The van der Waals surface area contributed by atoms with E-state index in [0.29, 0.717) is 30.9 Å². The number of fused-ring (bicyclic) bond motifs is 12. The molecule has 0 amide bonds. The van der Waals surface area contributed by atoms with Crippen LogP contribution >= 0.6 is 13.5 Å². The summed E-state index contributed by atoms with van der Waals surface area (Å²) in [6.45, 7) is 12.0. The van der Waals surface area contributed by atoms with Gasteiger partial charge in [0, 0.05) is 37.2 Å². The third-order valence-electron chi connectivity index (χ3n) is 25.2. The number of ether oxygens (including phenoxy) is 6. The van der Waals surface area contributed by atoms with E-state index in [9.17, 15) is 47.4 Å². The average molecular weight is 1600 g/mol. The molecule has 0 radical (unpaired) electrons. The Morgan fingerprint density at radius 1 is 0.570 bits per heavy atom. The van der Waals surface area contributed by atoms with E-state index in [1.54, 1.807) is 10.6 Å². The van der Waals surface area contributed by atoms with Crippen LogP contribution in [-0.2, 0) is 53.1 Å². The van der Waals surface area contributed by atoms with Gasteiger partial charge in [-0.25, -0.2) is 15.0 Å². The smallest absolute Gasteiger partial charge is 0.312 e. The Morgan fingerprint density at radius 3 is 1.25 bits per heavy atom. The number of nitrogens with two attached hydrogens (primary N) is 3. The van der Waals surface area contributed by atoms with Gasteiger partial charge in [0.15, 0.2) is 67.7 Å². The summed E-state index contributed by atoms with van der Waals surface area (Å²) >= 11 is 0. The number of hydrogen-bond donors (Lipinski definition) is 7. The highest BCUT2D eigenvalue weighted by Gasteiger charge is 2.57. The number of halogens is 3. The van der Waals surface area contributed by atoms with Gasteiger partial charge in [-0.15, -0.1) is 19.3 Å². The molecule has 9 heterocycles. The van der Waals surface area contributed by atoms with Crippen molar-refractivity contribution in [1.29, 1.82) is 0 Å². The van der Waals surface area contributed by atoms with Crippen LogP contribution < -0.4 is 21.9 Å². The van der Waals surface area contributed by atoms with E-state index >= 15 is 0 Å². The molecule has 3 saturated heterocycles. The molecule has 1 aromatic carbocycles. The molecule has 6 aromatic heterocycles. The number of nitrogen functional groups attached to an aromatic ring is 3. The van der Waals surface area contributed by atoms with Crippen LogP contribution in [0.4, 0.5) is 30.6 Å². The highest BCUT2D eigenvalue weighted by Crippen LogP contribution is 2.55. The number of imidazole rings is 3. The van der Waals surface area contributed by atoms with Crippen LogP contribution in [0.5, 0.6) is 5.75 Å². The maximum Gasteiger partial charge on any atom is 0.312 e. The Hall–Kier alpha value is -9.76. The lowest BCUT2D eigenvalue weighted by Crippen LogP contribution is -2.48. The van der Waals surface area contributed by atoms with E-state index in [-0.39, 0.29) is 101 Å². The van der Waals surface area contributed by atoms with Crippen molar-refractivity contribution in [1.82, 2.24) is 58.6 Å². The minimum atomic E-state index is -1.52. The first-order chi connectivity index (χ1) is 53.7. The largest absolute Gasteiger partial charge is 0.481 e. The summed E-state index contributed by atoms with van der Waals surface area (Å²) in [5.41, 5.74) is 15.7. The van der Waals surface area contributed by atoms with Gasteiger partial charge in [0.05, 0.1) is 54.4 Å². The summed E-state index contributed by atoms with van der Waals surface area (Å²) < 4.78 is 80.7. The minimum Gasteiger partial charge on any atom is -0.481 e. The summed E-state index contributed by atoms with van der Waals surface area (Å²) in [6, 6.07) is 3.74. The highest BCUT2D eigenvalue weighted by molar-refractivity contribution is 7.59. The summed E-state index contributed by atoms with van der Waals surface area (Å²) in [5, 5.41) is 38.3. The van der Waals surface area contributed by atoms with Crippen molar-refractivity contribution < 1.29 is 86.0 Å². The predicted octanol–water partition coefficient (Wildman–Crippen LogP) is 10.6. The van der Waals surface area contributed by atoms with Crippen molar-refractivity contribution in [3.05, 3.63) is 66.0 Å². The van der Waals surface area contributed by atoms with Crippen molar-refractivity contribution in [3.63, 3.8) is 0 Å². The second-order valence-corrected chi connectivity index (χ2v) is 32.4. The number of carbonyl (C=O) groups excluding carboxylic acids is 3. The maximum absolute atomic E-state index is 13.8. The molecule has 12 fully saturated rings. The molecule has 34 heteroatoms. The van der Waals surface area contributed by atoms with Crippen LogP contribution in [0, 0.1) is 103 Å². The predicted molar refractivity (Wildman–Crippen MR) is 413 cm³/mol. The van der Waals surface area contributed by atoms with Crippen molar-refractivity contribution in [2.75, 3.05) is 23.8 Å². The summed E-state index contributed by atoms with van der Waals surface area (Å²) in [4.78, 5) is 93.7. The molecule has 12 aliphatic rings. The van der Waals surface area contributed by atoms with Gasteiger partial charge in [0.25, 0.3) is 0 Å². The fourth-order valence-electron chi connectivity index (χ4n) is 18.5. The number of benzene rings is 1. The molecule has 6 bridgehead atoms. The van der Waals surface area contributed by atoms with Crippen LogP contribution in [0.2, 0.25) is 0 Å². The number of terminal acetylenes is 3. The fraction of sp³-hybridized carbons (Fsp3) is 0.600. The monoisotopic (exact) mass is 1600 g/mol.